The third kappa shape index (κ3) is 4.63. The number of likely N-dealkylation sites (tertiary alicyclic amines) is 1. The topological polar surface area (TPSA) is 84.0 Å². The number of hydrogen-bond acceptors (Lipinski definition) is 6. The summed E-state index contributed by atoms with van der Waals surface area (Å²) < 4.78 is 5.39. The number of esters is 1. The summed E-state index contributed by atoms with van der Waals surface area (Å²) in [6.45, 7) is 4.50. The van der Waals surface area contributed by atoms with E-state index in [0.717, 1.165) is 27.8 Å². The molecule has 2 fully saturated rings. The molecule has 7 nitrogen and oxygen atoms in total. The molecule has 156 valence electrons. The second kappa shape index (κ2) is 8.98. The summed E-state index contributed by atoms with van der Waals surface area (Å²) in [5.74, 6) is -0.884. The van der Waals surface area contributed by atoms with Gasteiger partial charge >= 0.3 is 5.97 Å². The normalized spacial score (nSPS) is 22.1. The van der Waals surface area contributed by atoms with Crippen LogP contribution in [0.2, 0.25) is 0 Å². The molecule has 2 saturated heterocycles. The van der Waals surface area contributed by atoms with Gasteiger partial charge < -0.3 is 9.64 Å². The minimum atomic E-state index is -0.830. The molecule has 3 amide bonds. The maximum atomic E-state index is 13.0. The number of hydrogen-bond donors (Lipinski definition) is 0. The Kier molecular flexibility index (Phi) is 6.62. The fourth-order valence-corrected chi connectivity index (χ4v) is 4.68. The Morgan fingerprint density at radius 2 is 2.00 bits per heavy atom. The van der Waals surface area contributed by atoms with Crippen LogP contribution in [0.15, 0.2) is 24.3 Å². The summed E-state index contributed by atoms with van der Waals surface area (Å²) in [7, 11) is 0. The molecule has 2 heterocycles. The zero-order valence-corrected chi connectivity index (χ0v) is 17.6. The van der Waals surface area contributed by atoms with Gasteiger partial charge in [-0.3, -0.25) is 24.1 Å². The number of rotatable bonds is 6. The first-order valence-corrected chi connectivity index (χ1v) is 10.8. The Labute approximate surface area is 174 Å². The van der Waals surface area contributed by atoms with E-state index in [4.69, 9.17) is 4.74 Å². The standard InChI is InChI=1S/C21H26N2O5S/c1-3-28-19(26)21(11-16-8-5-4-7-15(16)2)9-6-10-22(14-21)17(24)12-23-18(25)13-29-20(23)27/h4-5,7-8H,3,6,9-14H2,1-2H3/t21-/m1/s1. The van der Waals surface area contributed by atoms with Gasteiger partial charge in [0.15, 0.2) is 0 Å². The van der Waals surface area contributed by atoms with E-state index in [1.165, 1.54) is 0 Å². The van der Waals surface area contributed by atoms with E-state index < -0.39 is 10.7 Å². The highest BCUT2D eigenvalue weighted by atomic mass is 32.2. The minimum Gasteiger partial charge on any atom is -0.466 e. The lowest BCUT2D eigenvalue weighted by Gasteiger charge is -2.41. The molecule has 0 saturated carbocycles. The lowest BCUT2D eigenvalue weighted by molar-refractivity contribution is -0.161. The van der Waals surface area contributed by atoms with Gasteiger partial charge in [0.2, 0.25) is 11.8 Å². The molecule has 29 heavy (non-hydrogen) atoms. The average Bonchev–Trinajstić information content (AvgIpc) is 3.02. The highest BCUT2D eigenvalue weighted by Crippen LogP contribution is 2.36. The zero-order chi connectivity index (χ0) is 21.0. The molecule has 0 aliphatic carbocycles. The molecule has 2 aliphatic rings. The molecule has 1 aromatic rings. The molecule has 2 aliphatic heterocycles. The largest absolute Gasteiger partial charge is 0.466 e. The second-order valence-electron chi connectivity index (χ2n) is 7.56. The van der Waals surface area contributed by atoms with E-state index in [-0.39, 0.29) is 43.2 Å². The summed E-state index contributed by atoms with van der Waals surface area (Å²) in [5.41, 5.74) is 1.31. The van der Waals surface area contributed by atoms with Crippen LogP contribution in [0.4, 0.5) is 4.79 Å². The lowest BCUT2D eigenvalue weighted by Crippen LogP contribution is -2.53. The first kappa shape index (κ1) is 21.4. The zero-order valence-electron chi connectivity index (χ0n) is 16.8. The highest BCUT2D eigenvalue weighted by Gasteiger charge is 2.45. The molecule has 0 bridgehead atoms. The SMILES string of the molecule is CCOC(=O)[C@@]1(Cc2ccccc2C)CCCN(C(=O)CN2C(=O)CSC2=O)C1. The number of nitrogens with zero attached hydrogens (tertiary/aromatic N) is 2. The van der Waals surface area contributed by atoms with Crippen molar-refractivity contribution in [3.05, 3.63) is 35.4 Å². The van der Waals surface area contributed by atoms with Crippen molar-refractivity contribution in [2.45, 2.75) is 33.1 Å². The number of carbonyl (C=O) groups excluding carboxylic acids is 4. The maximum absolute atomic E-state index is 13.0. The number of thioether (sulfide) groups is 1. The molecule has 0 N–H and O–H groups in total. The van der Waals surface area contributed by atoms with Crippen LogP contribution in [-0.2, 0) is 25.5 Å². The number of imide groups is 1. The van der Waals surface area contributed by atoms with Crippen molar-refractivity contribution in [3.8, 4) is 0 Å². The van der Waals surface area contributed by atoms with Gasteiger partial charge in [-0.1, -0.05) is 36.0 Å². The van der Waals surface area contributed by atoms with Crippen LogP contribution in [0.3, 0.4) is 0 Å². The highest BCUT2D eigenvalue weighted by molar-refractivity contribution is 8.14. The third-order valence-electron chi connectivity index (χ3n) is 5.56. The van der Waals surface area contributed by atoms with Crippen LogP contribution in [0.5, 0.6) is 0 Å². The number of benzene rings is 1. The molecule has 8 heteroatoms. The van der Waals surface area contributed by atoms with Crippen molar-refractivity contribution in [1.29, 1.82) is 0 Å². The number of ether oxygens (including phenoxy) is 1. The fraction of sp³-hybridized carbons (Fsp3) is 0.524. The van der Waals surface area contributed by atoms with Gasteiger partial charge in [-0.25, -0.2) is 0 Å². The van der Waals surface area contributed by atoms with Crippen molar-refractivity contribution in [2.75, 3.05) is 32.0 Å². The van der Waals surface area contributed by atoms with E-state index >= 15 is 0 Å². The maximum Gasteiger partial charge on any atom is 0.314 e. The van der Waals surface area contributed by atoms with Gasteiger partial charge in [-0.05, 0) is 44.2 Å². The van der Waals surface area contributed by atoms with Crippen LogP contribution in [0.1, 0.15) is 30.9 Å². The van der Waals surface area contributed by atoms with Crippen molar-refractivity contribution >= 4 is 34.8 Å². The molecule has 0 spiro atoms. The van der Waals surface area contributed by atoms with Crippen LogP contribution in [-0.4, -0.2) is 64.8 Å². The molecule has 0 unspecified atom stereocenters. The van der Waals surface area contributed by atoms with E-state index in [2.05, 4.69) is 0 Å². The smallest absolute Gasteiger partial charge is 0.314 e. The molecular formula is C21H26N2O5S. The van der Waals surface area contributed by atoms with Crippen LogP contribution < -0.4 is 0 Å². The second-order valence-corrected chi connectivity index (χ2v) is 8.48. The number of carbonyl (C=O) groups is 4. The van der Waals surface area contributed by atoms with Crippen LogP contribution in [0, 0.1) is 12.3 Å². The molecule has 1 atom stereocenters. The predicted octanol–water partition coefficient (Wildman–Crippen LogP) is 2.40. The average molecular weight is 419 g/mol. The number of piperidine rings is 1. The Morgan fingerprint density at radius 3 is 2.66 bits per heavy atom. The minimum absolute atomic E-state index is 0.0756. The van der Waals surface area contributed by atoms with E-state index in [1.54, 1.807) is 11.8 Å². The van der Waals surface area contributed by atoms with Gasteiger partial charge in [0.05, 0.1) is 17.8 Å². The van der Waals surface area contributed by atoms with Crippen molar-refractivity contribution in [3.63, 3.8) is 0 Å². The Morgan fingerprint density at radius 1 is 1.24 bits per heavy atom. The van der Waals surface area contributed by atoms with Crippen LogP contribution >= 0.6 is 11.8 Å². The fourth-order valence-electron chi connectivity index (χ4n) is 3.95. The van der Waals surface area contributed by atoms with Crippen molar-refractivity contribution in [2.24, 2.45) is 5.41 Å². The number of aryl methyl sites for hydroxylation is 1. The van der Waals surface area contributed by atoms with Gasteiger partial charge in [-0.15, -0.1) is 0 Å². The first-order chi connectivity index (χ1) is 13.9. The number of amides is 3. The summed E-state index contributed by atoms with van der Waals surface area (Å²) in [4.78, 5) is 52.1. The molecule has 3 rings (SSSR count). The predicted molar refractivity (Wildman–Crippen MR) is 109 cm³/mol. The van der Waals surface area contributed by atoms with Crippen molar-refractivity contribution in [1.82, 2.24) is 9.80 Å². The van der Waals surface area contributed by atoms with Gasteiger partial charge in [0.25, 0.3) is 5.24 Å². The summed E-state index contributed by atoms with van der Waals surface area (Å²) >= 11 is 0.909. The summed E-state index contributed by atoms with van der Waals surface area (Å²) in [6, 6.07) is 7.89. The Bertz CT molecular complexity index is 811. The third-order valence-corrected chi connectivity index (χ3v) is 6.42. The Balaban J connectivity index is 1.80. The van der Waals surface area contributed by atoms with Gasteiger partial charge in [0.1, 0.15) is 6.54 Å². The molecular weight excluding hydrogens is 392 g/mol. The Hall–Kier alpha value is -2.35. The first-order valence-electron chi connectivity index (χ1n) is 9.83. The molecule has 1 aromatic carbocycles. The van der Waals surface area contributed by atoms with Crippen LogP contribution in [0.25, 0.3) is 0 Å². The molecule has 0 aromatic heterocycles. The van der Waals surface area contributed by atoms with E-state index in [0.29, 0.717) is 25.8 Å². The quantitative estimate of drug-likeness (QED) is 0.660. The van der Waals surface area contributed by atoms with E-state index in [9.17, 15) is 19.2 Å². The lowest BCUT2D eigenvalue weighted by atomic mass is 9.74. The van der Waals surface area contributed by atoms with E-state index in [1.807, 2.05) is 31.2 Å². The van der Waals surface area contributed by atoms with Gasteiger partial charge in [-0.2, -0.15) is 0 Å². The summed E-state index contributed by atoms with van der Waals surface area (Å²) in [6.07, 6.45) is 1.77. The summed E-state index contributed by atoms with van der Waals surface area (Å²) in [5, 5.41) is -0.392. The van der Waals surface area contributed by atoms with Gasteiger partial charge in [0, 0.05) is 13.1 Å². The van der Waals surface area contributed by atoms with Crippen molar-refractivity contribution < 1.29 is 23.9 Å². The monoisotopic (exact) mass is 418 g/mol. The molecule has 0 radical (unpaired) electrons.